The predicted molar refractivity (Wildman–Crippen MR) is 193 cm³/mol. The van der Waals surface area contributed by atoms with Crippen LogP contribution >= 0.6 is 0 Å². The largest absolute Gasteiger partial charge is 0.508 e. The molecule has 4 aliphatic heterocycles. The first-order chi connectivity index (χ1) is 25.3. The van der Waals surface area contributed by atoms with Gasteiger partial charge in [0.1, 0.15) is 28.6 Å². The highest BCUT2D eigenvalue weighted by atomic mass is 19.1. The second-order valence-electron chi connectivity index (χ2n) is 15.6. The van der Waals surface area contributed by atoms with Gasteiger partial charge in [0.15, 0.2) is 5.82 Å². The van der Waals surface area contributed by atoms with Crippen LogP contribution in [-0.4, -0.2) is 99.9 Å². The maximum absolute atomic E-state index is 17.1. The molecule has 0 radical (unpaired) electrons. The summed E-state index contributed by atoms with van der Waals surface area (Å²) in [5.41, 5.74) is 0.609. The van der Waals surface area contributed by atoms with Gasteiger partial charge in [0.25, 0.3) is 0 Å². The molecule has 10 nitrogen and oxygen atoms in total. The Hall–Kier alpha value is -3.71. The van der Waals surface area contributed by atoms with E-state index in [4.69, 9.17) is 24.2 Å². The number of pyridine rings is 1. The molecule has 1 aliphatic carbocycles. The summed E-state index contributed by atoms with van der Waals surface area (Å²) in [6.07, 6.45) is 11.9. The fraction of sp³-hybridized carbons (Fsp3) is 0.575. The van der Waals surface area contributed by atoms with Gasteiger partial charge in [-0.25, -0.2) is 8.78 Å². The van der Waals surface area contributed by atoms with E-state index in [2.05, 4.69) is 9.88 Å². The molecule has 2 bridgehead atoms. The number of hydrogen-bond acceptors (Lipinski definition) is 10. The third kappa shape index (κ3) is 5.95. The molecule has 5 aliphatic rings. The number of β-amino-alcohol motifs (C(OH)–C–C–N with tert-alkyl or cyclic N) is 1. The minimum Gasteiger partial charge on any atom is -0.508 e. The van der Waals surface area contributed by atoms with Crippen molar-refractivity contribution in [1.29, 1.82) is 0 Å². The van der Waals surface area contributed by atoms with Crippen LogP contribution in [0.3, 0.4) is 0 Å². The number of aliphatic hydroxyl groups excluding tert-OH is 1. The quantitative estimate of drug-likeness (QED) is 0.226. The number of piperidine rings is 1. The van der Waals surface area contributed by atoms with Crippen molar-refractivity contribution in [2.45, 2.75) is 102 Å². The van der Waals surface area contributed by atoms with E-state index in [1.807, 2.05) is 11.8 Å². The Balaban J connectivity index is 1.11. The molecule has 1 saturated carbocycles. The highest BCUT2D eigenvalue weighted by Gasteiger charge is 2.51. The number of phenolic OH excluding ortho intramolecular Hbond substituents is 1. The van der Waals surface area contributed by atoms with Gasteiger partial charge in [-0.05, 0) is 98.9 Å². The van der Waals surface area contributed by atoms with Crippen LogP contribution in [0.25, 0.3) is 32.9 Å². The van der Waals surface area contributed by atoms with Crippen LogP contribution in [0.5, 0.6) is 11.8 Å². The molecule has 0 amide bonds. The lowest BCUT2D eigenvalue weighted by Gasteiger charge is -2.50. The lowest BCUT2D eigenvalue weighted by atomic mass is 9.74. The van der Waals surface area contributed by atoms with Gasteiger partial charge in [0.05, 0.1) is 43.5 Å². The minimum absolute atomic E-state index is 0.0130. The van der Waals surface area contributed by atoms with Crippen molar-refractivity contribution >= 4 is 27.5 Å². The van der Waals surface area contributed by atoms with Crippen molar-refractivity contribution in [3.05, 3.63) is 47.7 Å². The number of likely N-dealkylation sites (tertiary alicyclic amines) is 1. The Morgan fingerprint density at radius 3 is 2.69 bits per heavy atom. The van der Waals surface area contributed by atoms with Crippen LogP contribution in [0.1, 0.15) is 70.3 Å². The maximum Gasteiger partial charge on any atom is 0.319 e. The van der Waals surface area contributed by atoms with E-state index in [-0.39, 0.29) is 47.1 Å². The normalized spacial score (nSPS) is 29.5. The first kappa shape index (κ1) is 34.1. The van der Waals surface area contributed by atoms with Crippen LogP contribution < -0.4 is 9.64 Å². The molecule has 2 aromatic carbocycles. The predicted octanol–water partition coefficient (Wildman–Crippen LogP) is 6.31. The first-order valence-electron chi connectivity index (χ1n) is 19.2. The number of rotatable bonds is 7. The molecule has 0 spiro atoms. The Morgan fingerprint density at radius 1 is 1.04 bits per heavy atom. The van der Waals surface area contributed by atoms with Gasteiger partial charge in [-0.2, -0.15) is 9.97 Å². The fourth-order valence-corrected chi connectivity index (χ4v) is 10.2. The Labute approximate surface area is 302 Å². The molecule has 2 aromatic heterocycles. The topological polar surface area (TPSA) is 113 Å². The summed E-state index contributed by atoms with van der Waals surface area (Å²) in [6.45, 7) is 4.58. The molecule has 5 atom stereocenters. The molecular weight excluding hydrogens is 668 g/mol. The number of phenols is 1. The first-order valence-corrected chi connectivity index (χ1v) is 19.2. The molecule has 52 heavy (non-hydrogen) atoms. The SMILES string of the molecule is CCc1c(F)ccc2cc(O)cc(-c3ncc4c(N5CCOCC(O)C5)nc(OCC56CCCC5N(C5CC7CCC(C5)O7)CCC6)nc4c3F)c12. The minimum atomic E-state index is -0.762. The van der Waals surface area contributed by atoms with E-state index in [1.54, 1.807) is 12.1 Å². The molecule has 6 heterocycles. The lowest BCUT2D eigenvalue weighted by Crippen LogP contribution is -2.57. The monoisotopic (exact) mass is 715 g/mol. The standard InChI is InChI=1S/C40H47F2N5O5/c1-2-29-32(41)9-6-23-15-25(48)18-30(34(23)29)36-35(42)37-31(19-43-36)38(46-13-14-50-21-26(49)20-46)45-39(44-37)51-22-40-10-3-5-33(40)47(12-4-11-40)24-16-27-7-8-28(17-24)52-27/h6,9,15,18-19,24,26-28,33,48-49H,2-5,7-8,10-14,16-17,20-22H2,1H3. The Kier molecular flexibility index (Phi) is 8.92. The number of benzene rings is 2. The summed E-state index contributed by atoms with van der Waals surface area (Å²) in [7, 11) is 0. The Morgan fingerprint density at radius 2 is 1.87 bits per heavy atom. The van der Waals surface area contributed by atoms with E-state index in [0.717, 1.165) is 51.5 Å². The molecule has 2 N–H and O–H groups in total. The second-order valence-corrected chi connectivity index (χ2v) is 15.6. The van der Waals surface area contributed by atoms with Gasteiger partial charge in [-0.15, -0.1) is 0 Å². The average Bonchev–Trinajstić information content (AvgIpc) is 3.65. The number of aromatic nitrogens is 3. The average molecular weight is 716 g/mol. The van der Waals surface area contributed by atoms with E-state index in [9.17, 15) is 10.2 Å². The summed E-state index contributed by atoms with van der Waals surface area (Å²) in [5, 5.41) is 22.8. The number of halogens is 2. The number of hydrogen-bond donors (Lipinski definition) is 2. The summed E-state index contributed by atoms with van der Waals surface area (Å²) in [6, 6.07) is 6.93. The van der Waals surface area contributed by atoms with E-state index >= 15 is 8.78 Å². The summed E-state index contributed by atoms with van der Waals surface area (Å²) in [4.78, 5) is 18.8. The molecule has 5 unspecified atom stereocenters. The number of fused-ring (bicyclic) bond motifs is 5. The fourth-order valence-electron chi connectivity index (χ4n) is 10.2. The number of aliphatic hydroxyl groups is 1. The van der Waals surface area contributed by atoms with E-state index in [1.165, 1.54) is 31.2 Å². The maximum atomic E-state index is 17.1. The van der Waals surface area contributed by atoms with Crippen LogP contribution in [-0.2, 0) is 15.9 Å². The van der Waals surface area contributed by atoms with Gasteiger partial charge in [-0.3, -0.25) is 9.88 Å². The molecule has 12 heteroatoms. The van der Waals surface area contributed by atoms with Crippen molar-refractivity contribution in [1.82, 2.24) is 19.9 Å². The van der Waals surface area contributed by atoms with E-state index < -0.39 is 17.7 Å². The van der Waals surface area contributed by atoms with Gasteiger partial charge in [-0.1, -0.05) is 19.4 Å². The molecule has 4 aromatic rings. The molecule has 4 saturated heterocycles. The molecular formula is C40H47F2N5O5. The number of anilines is 1. The van der Waals surface area contributed by atoms with Crippen LogP contribution in [0.4, 0.5) is 14.6 Å². The van der Waals surface area contributed by atoms with Gasteiger partial charge >= 0.3 is 6.01 Å². The summed E-state index contributed by atoms with van der Waals surface area (Å²) < 4.78 is 50.6. The van der Waals surface area contributed by atoms with Crippen molar-refractivity contribution in [2.75, 3.05) is 44.4 Å². The zero-order valence-corrected chi connectivity index (χ0v) is 29.7. The number of nitrogens with zero attached hydrogens (tertiary/aromatic N) is 5. The third-order valence-corrected chi connectivity index (χ3v) is 12.5. The second kappa shape index (κ2) is 13.6. The number of aromatic hydroxyl groups is 1. The Bertz CT molecular complexity index is 1990. The van der Waals surface area contributed by atoms with Crippen LogP contribution in [0.15, 0.2) is 30.5 Å². The summed E-state index contributed by atoms with van der Waals surface area (Å²) in [5.74, 6) is -0.790. The van der Waals surface area contributed by atoms with Crippen LogP contribution in [0, 0.1) is 17.0 Å². The smallest absolute Gasteiger partial charge is 0.319 e. The van der Waals surface area contributed by atoms with Crippen molar-refractivity contribution in [3.8, 4) is 23.0 Å². The van der Waals surface area contributed by atoms with Gasteiger partial charge in [0.2, 0.25) is 0 Å². The van der Waals surface area contributed by atoms with Crippen LogP contribution in [0.2, 0.25) is 0 Å². The molecule has 5 fully saturated rings. The van der Waals surface area contributed by atoms with Crippen molar-refractivity contribution in [3.63, 3.8) is 0 Å². The number of aryl methyl sites for hydroxylation is 1. The third-order valence-electron chi connectivity index (χ3n) is 12.5. The number of ether oxygens (including phenoxy) is 3. The highest BCUT2D eigenvalue weighted by molar-refractivity contribution is 6.01. The highest BCUT2D eigenvalue weighted by Crippen LogP contribution is 2.50. The zero-order chi connectivity index (χ0) is 35.6. The summed E-state index contributed by atoms with van der Waals surface area (Å²) >= 11 is 0. The van der Waals surface area contributed by atoms with Crippen molar-refractivity contribution in [2.24, 2.45) is 5.41 Å². The molecule has 9 rings (SSSR count). The van der Waals surface area contributed by atoms with E-state index in [0.29, 0.717) is 78.0 Å². The lowest BCUT2D eigenvalue weighted by molar-refractivity contribution is -0.0798. The van der Waals surface area contributed by atoms with Gasteiger partial charge in [0, 0.05) is 42.3 Å². The van der Waals surface area contributed by atoms with Gasteiger partial charge < -0.3 is 29.3 Å². The zero-order valence-electron chi connectivity index (χ0n) is 29.7. The van der Waals surface area contributed by atoms with Crippen molar-refractivity contribution < 1.29 is 33.2 Å². The molecule has 276 valence electrons.